The summed E-state index contributed by atoms with van der Waals surface area (Å²) in [5.74, 6) is -0.691. The summed E-state index contributed by atoms with van der Waals surface area (Å²) in [7, 11) is 0. The molecule has 2 fully saturated rings. The van der Waals surface area contributed by atoms with E-state index in [1.54, 1.807) is 0 Å². The van der Waals surface area contributed by atoms with Gasteiger partial charge in [0.2, 0.25) is 0 Å². The number of nitrogens with one attached hydrogen (secondary N) is 1. The number of carboxylic acids is 1. The minimum absolute atomic E-state index is 0.430. The normalized spacial score (nSPS) is 24.1. The van der Waals surface area contributed by atoms with E-state index in [-0.39, 0.29) is 0 Å². The molecule has 1 atom stereocenters. The number of carboxylic acid groups (broad SMARTS) is 1. The van der Waals surface area contributed by atoms with E-state index < -0.39 is 11.5 Å². The van der Waals surface area contributed by atoms with Crippen LogP contribution in [0, 0.1) is 0 Å². The first-order valence-corrected chi connectivity index (χ1v) is 7.47. The maximum atomic E-state index is 11.6. The molecule has 1 aliphatic heterocycles. The Bertz CT molecular complexity index is 301. The zero-order chi connectivity index (χ0) is 13.7. The predicted octanol–water partition coefficient (Wildman–Crippen LogP) is 1.08. The quantitative estimate of drug-likeness (QED) is 0.691. The molecular weight excluding hydrogens is 244 g/mol. The highest BCUT2D eigenvalue weighted by atomic mass is 16.5. The topological polar surface area (TPSA) is 61.8 Å². The fourth-order valence-electron chi connectivity index (χ4n) is 2.72. The summed E-state index contributed by atoms with van der Waals surface area (Å²) in [5, 5.41) is 12.9. The van der Waals surface area contributed by atoms with Gasteiger partial charge in [-0.2, -0.15) is 0 Å². The first-order valence-electron chi connectivity index (χ1n) is 7.47. The zero-order valence-electron chi connectivity index (χ0n) is 11.9. The zero-order valence-corrected chi connectivity index (χ0v) is 11.9. The van der Waals surface area contributed by atoms with Crippen molar-refractivity contribution in [2.75, 3.05) is 32.8 Å². The Kier molecular flexibility index (Phi) is 5.19. The third-order valence-corrected chi connectivity index (χ3v) is 4.25. The van der Waals surface area contributed by atoms with Crippen molar-refractivity contribution in [1.29, 1.82) is 0 Å². The summed E-state index contributed by atoms with van der Waals surface area (Å²) in [6.45, 7) is 6.50. The van der Waals surface area contributed by atoms with Gasteiger partial charge < -0.3 is 9.84 Å². The Morgan fingerprint density at radius 2 is 2.11 bits per heavy atom. The van der Waals surface area contributed by atoms with Crippen LogP contribution >= 0.6 is 0 Å². The van der Waals surface area contributed by atoms with Gasteiger partial charge in [0.25, 0.3) is 0 Å². The van der Waals surface area contributed by atoms with Gasteiger partial charge in [0.15, 0.2) is 0 Å². The molecule has 2 rings (SSSR count). The van der Waals surface area contributed by atoms with E-state index in [1.807, 2.05) is 6.92 Å². The standard InChI is InChI=1S/C14H26N2O3/c1-2-14(13(17)18,15-12-4-5-12)6-3-7-16-8-10-19-11-9-16/h12,15H,2-11H2,1H3,(H,17,18). The minimum Gasteiger partial charge on any atom is -0.480 e. The number of aliphatic carboxylic acids is 1. The van der Waals surface area contributed by atoms with Crippen molar-refractivity contribution in [3.05, 3.63) is 0 Å². The molecule has 5 heteroatoms. The van der Waals surface area contributed by atoms with Crippen LogP contribution in [-0.4, -0.2) is 60.4 Å². The molecular formula is C14H26N2O3. The molecule has 5 nitrogen and oxygen atoms in total. The van der Waals surface area contributed by atoms with Crippen LogP contribution in [0.1, 0.15) is 39.0 Å². The van der Waals surface area contributed by atoms with Crippen LogP contribution in [0.25, 0.3) is 0 Å². The van der Waals surface area contributed by atoms with Crippen molar-refractivity contribution in [3.63, 3.8) is 0 Å². The number of hydrogen-bond donors (Lipinski definition) is 2. The van der Waals surface area contributed by atoms with Crippen LogP contribution in [-0.2, 0) is 9.53 Å². The fourth-order valence-corrected chi connectivity index (χ4v) is 2.72. The monoisotopic (exact) mass is 270 g/mol. The summed E-state index contributed by atoms with van der Waals surface area (Å²) >= 11 is 0. The Balaban J connectivity index is 1.79. The third-order valence-electron chi connectivity index (χ3n) is 4.25. The molecule has 2 N–H and O–H groups in total. The summed E-state index contributed by atoms with van der Waals surface area (Å²) < 4.78 is 5.32. The first-order chi connectivity index (χ1) is 9.16. The molecule has 2 aliphatic rings. The highest BCUT2D eigenvalue weighted by molar-refractivity contribution is 5.78. The van der Waals surface area contributed by atoms with Crippen molar-refractivity contribution < 1.29 is 14.6 Å². The minimum atomic E-state index is -0.715. The van der Waals surface area contributed by atoms with E-state index in [1.165, 1.54) is 0 Å². The van der Waals surface area contributed by atoms with Crippen molar-refractivity contribution >= 4 is 5.97 Å². The lowest BCUT2D eigenvalue weighted by Crippen LogP contribution is -2.53. The number of morpholine rings is 1. The molecule has 0 aromatic carbocycles. The summed E-state index contributed by atoms with van der Waals surface area (Å²) in [4.78, 5) is 14.0. The van der Waals surface area contributed by atoms with Crippen LogP contribution in [0.5, 0.6) is 0 Å². The Morgan fingerprint density at radius 1 is 1.42 bits per heavy atom. The van der Waals surface area contributed by atoms with Gasteiger partial charge in [0, 0.05) is 19.1 Å². The second kappa shape index (κ2) is 6.68. The largest absolute Gasteiger partial charge is 0.480 e. The Morgan fingerprint density at radius 3 is 2.63 bits per heavy atom. The van der Waals surface area contributed by atoms with E-state index in [2.05, 4.69) is 10.2 Å². The number of carbonyl (C=O) groups is 1. The van der Waals surface area contributed by atoms with Gasteiger partial charge in [-0.3, -0.25) is 15.0 Å². The smallest absolute Gasteiger partial charge is 0.323 e. The molecule has 1 unspecified atom stereocenters. The summed E-state index contributed by atoms with van der Waals surface area (Å²) in [6.07, 6.45) is 4.55. The first kappa shape index (κ1) is 14.8. The molecule has 0 aromatic heterocycles. The lowest BCUT2D eigenvalue weighted by Gasteiger charge is -2.32. The molecule has 0 amide bonds. The van der Waals surface area contributed by atoms with Gasteiger partial charge in [-0.05, 0) is 38.6 Å². The van der Waals surface area contributed by atoms with Gasteiger partial charge in [0.1, 0.15) is 5.54 Å². The van der Waals surface area contributed by atoms with Crippen LogP contribution in [0.15, 0.2) is 0 Å². The number of ether oxygens (including phenoxy) is 1. The van der Waals surface area contributed by atoms with Gasteiger partial charge in [-0.15, -0.1) is 0 Å². The lowest BCUT2D eigenvalue weighted by atomic mass is 9.90. The molecule has 0 radical (unpaired) electrons. The maximum absolute atomic E-state index is 11.6. The van der Waals surface area contributed by atoms with E-state index >= 15 is 0 Å². The highest BCUT2D eigenvalue weighted by Gasteiger charge is 2.40. The van der Waals surface area contributed by atoms with Crippen molar-refractivity contribution in [1.82, 2.24) is 10.2 Å². The van der Waals surface area contributed by atoms with Gasteiger partial charge in [-0.1, -0.05) is 6.92 Å². The second-order valence-electron chi connectivity index (χ2n) is 5.72. The molecule has 0 aromatic rings. The molecule has 0 spiro atoms. The van der Waals surface area contributed by atoms with Crippen LogP contribution < -0.4 is 5.32 Å². The molecule has 19 heavy (non-hydrogen) atoms. The van der Waals surface area contributed by atoms with Gasteiger partial charge in [0.05, 0.1) is 13.2 Å². The molecule has 1 aliphatic carbocycles. The van der Waals surface area contributed by atoms with E-state index in [4.69, 9.17) is 4.74 Å². The molecule has 1 heterocycles. The van der Waals surface area contributed by atoms with E-state index in [0.29, 0.717) is 18.9 Å². The van der Waals surface area contributed by atoms with Crippen molar-refractivity contribution in [2.24, 2.45) is 0 Å². The highest BCUT2D eigenvalue weighted by Crippen LogP contribution is 2.27. The summed E-state index contributed by atoms with van der Waals surface area (Å²) in [5.41, 5.74) is -0.715. The number of rotatable bonds is 8. The molecule has 1 saturated heterocycles. The molecule has 0 bridgehead atoms. The van der Waals surface area contributed by atoms with Crippen LogP contribution in [0.4, 0.5) is 0 Å². The molecule has 1 saturated carbocycles. The van der Waals surface area contributed by atoms with Crippen molar-refractivity contribution in [3.8, 4) is 0 Å². The molecule has 110 valence electrons. The van der Waals surface area contributed by atoms with Gasteiger partial charge in [-0.25, -0.2) is 0 Å². The lowest BCUT2D eigenvalue weighted by molar-refractivity contribution is -0.145. The third kappa shape index (κ3) is 4.16. The second-order valence-corrected chi connectivity index (χ2v) is 5.72. The maximum Gasteiger partial charge on any atom is 0.323 e. The van der Waals surface area contributed by atoms with E-state index in [0.717, 1.165) is 52.1 Å². The van der Waals surface area contributed by atoms with Crippen LogP contribution in [0.3, 0.4) is 0 Å². The van der Waals surface area contributed by atoms with Crippen LogP contribution in [0.2, 0.25) is 0 Å². The SMILES string of the molecule is CCC(CCCN1CCOCC1)(NC1CC1)C(=O)O. The van der Waals surface area contributed by atoms with E-state index in [9.17, 15) is 9.90 Å². The van der Waals surface area contributed by atoms with Crippen molar-refractivity contribution in [2.45, 2.75) is 50.6 Å². The fraction of sp³-hybridized carbons (Fsp3) is 0.929. The number of nitrogens with zero attached hydrogens (tertiary/aromatic N) is 1. The average Bonchev–Trinajstić information content (AvgIpc) is 3.22. The Hall–Kier alpha value is -0.650. The number of hydrogen-bond acceptors (Lipinski definition) is 4. The predicted molar refractivity (Wildman–Crippen MR) is 73.3 cm³/mol. The average molecular weight is 270 g/mol. The Labute approximate surface area is 115 Å². The van der Waals surface area contributed by atoms with Gasteiger partial charge >= 0.3 is 5.97 Å². The summed E-state index contributed by atoms with van der Waals surface area (Å²) in [6, 6.07) is 0.430.